The molecule has 48 heavy (non-hydrogen) atoms. The fourth-order valence-electron chi connectivity index (χ4n) is 12.4. The first-order valence-corrected chi connectivity index (χ1v) is 21.8. The van der Waals surface area contributed by atoms with Crippen molar-refractivity contribution in [2.24, 2.45) is 46.3 Å². The number of rotatable bonds is 10. The summed E-state index contributed by atoms with van der Waals surface area (Å²) >= 11 is 0. The SMILES string of the molecule is CC[C@H](CC[C@@H](C)[C@H]1CC[C@H]2[C@@H]3CC=C4C[C@@H](O[Si](c5ccccc5)(c5ccccc5)C(C)(C)C)CC[C@]4(C)[C@H]3CC[C@]12C)C(C)(C)O. The molecule has 0 amide bonds. The van der Waals surface area contributed by atoms with Crippen molar-refractivity contribution in [2.75, 3.05) is 0 Å². The van der Waals surface area contributed by atoms with Gasteiger partial charge < -0.3 is 9.53 Å². The van der Waals surface area contributed by atoms with E-state index in [0.717, 1.165) is 48.9 Å². The van der Waals surface area contributed by atoms with Gasteiger partial charge in [0.05, 0.1) is 5.60 Å². The van der Waals surface area contributed by atoms with Crippen molar-refractivity contribution in [1.82, 2.24) is 0 Å². The van der Waals surface area contributed by atoms with Gasteiger partial charge in [0.2, 0.25) is 0 Å². The first-order chi connectivity index (χ1) is 22.6. The van der Waals surface area contributed by atoms with Crippen molar-refractivity contribution < 1.29 is 9.53 Å². The summed E-state index contributed by atoms with van der Waals surface area (Å²) in [6.45, 7) is 21.4. The van der Waals surface area contributed by atoms with Crippen LogP contribution in [0, 0.1) is 46.3 Å². The number of hydrogen-bond donors (Lipinski definition) is 1. The predicted octanol–water partition coefficient (Wildman–Crippen LogP) is 10.7. The molecule has 0 aromatic heterocycles. The van der Waals surface area contributed by atoms with E-state index in [0.29, 0.717) is 16.7 Å². The Balaban J connectivity index is 1.21. The van der Waals surface area contributed by atoms with Crippen LogP contribution in [0.2, 0.25) is 5.04 Å². The molecule has 3 saturated carbocycles. The molecular weight excluding hydrogens is 601 g/mol. The summed E-state index contributed by atoms with van der Waals surface area (Å²) in [5, 5.41) is 13.6. The molecule has 0 radical (unpaired) electrons. The maximum Gasteiger partial charge on any atom is 0.261 e. The van der Waals surface area contributed by atoms with Crippen molar-refractivity contribution in [2.45, 2.75) is 150 Å². The number of hydrogen-bond acceptors (Lipinski definition) is 2. The summed E-state index contributed by atoms with van der Waals surface area (Å²) in [7, 11) is -2.57. The van der Waals surface area contributed by atoms with Crippen molar-refractivity contribution in [3.8, 4) is 0 Å². The van der Waals surface area contributed by atoms with Crippen molar-refractivity contribution in [3.05, 3.63) is 72.3 Å². The van der Waals surface area contributed by atoms with Gasteiger partial charge in [-0.15, -0.1) is 0 Å². The van der Waals surface area contributed by atoms with Crippen LogP contribution in [0.5, 0.6) is 0 Å². The van der Waals surface area contributed by atoms with Crippen LogP contribution in [-0.2, 0) is 4.43 Å². The van der Waals surface area contributed by atoms with Crippen molar-refractivity contribution in [1.29, 1.82) is 0 Å². The second kappa shape index (κ2) is 13.5. The zero-order valence-corrected chi connectivity index (χ0v) is 33.0. The van der Waals surface area contributed by atoms with Gasteiger partial charge >= 0.3 is 0 Å². The van der Waals surface area contributed by atoms with Gasteiger partial charge in [0.15, 0.2) is 0 Å². The Morgan fingerprint density at radius 3 is 2.02 bits per heavy atom. The fourth-order valence-corrected chi connectivity index (χ4v) is 17.1. The van der Waals surface area contributed by atoms with E-state index >= 15 is 0 Å². The lowest BCUT2D eigenvalue weighted by molar-refractivity contribution is -0.0575. The average molecular weight is 669 g/mol. The molecule has 0 spiro atoms. The maximum atomic E-state index is 10.7. The number of fused-ring (bicyclic) bond motifs is 5. The minimum Gasteiger partial charge on any atom is -0.404 e. The smallest absolute Gasteiger partial charge is 0.261 e. The first kappa shape index (κ1) is 36.1. The molecule has 3 fully saturated rings. The number of allylic oxidation sites excluding steroid dienone is 1. The quantitative estimate of drug-likeness (QED) is 0.202. The van der Waals surface area contributed by atoms with E-state index < -0.39 is 13.9 Å². The normalized spacial score (nSPS) is 33.6. The summed E-state index contributed by atoms with van der Waals surface area (Å²) in [5.74, 6) is 4.49. The summed E-state index contributed by atoms with van der Waals surface area (Å²) in [4.78, 5) is 0. The lowest BCUT2D eigenvalue weighted by Gasteiger charge is -2.59. The molecule has 3 heteroatoms. The third kappa shape index (κ3) is 6.25. The topological polar surface area (TPSA) is 29.5 Å². The second-order valence-electron chi connectivity index (χ2n) is 18.9. The highest BCUT2D eigenvalue weighted by Gasteiger charge is 2.60. The molecule has 1 N–H and O–H groups in total. The Morgan fingerprint density at radius 2 is 1.46 bits per heavy atom. The summed E-state index contributed by atoms with van der Waals surface area (Å²) in [6, 6.07) is 22.5. The fraction of sp³-hybridized carbons (Fsp3) is 0.689. The largest absolute Gasteiger partial charge is 0.404 e. The standard InChI is InChI=1S/C45H68O2Si/c1-10-33(43(6,7)46)22-21-32(2)39-25-26-40-38-24-23-34-31-35(27-29-44(34,8)41(38)28-30-45(39,40)9)47-48(42(3,4)5,36-17-13-11-14-18-36)37-19-15-12-16-20-37/h11-20,23,32-33,35,38-41,46H,10,21-22,24-31H2,1-9H3/t32-,33-,35+,38+,39-,40+,41+,44+,45-/m1/s1. The first-order valence-electron chi connectivity index (χ1n) is 19.9. The van der Waals surface area contributed by atoms with Crippen molar-refractivity contribution >= 4 is 18.7 Å². The van der Waals surface area contributed by atoms with Crippen LogP contribution < -0.4 is 10.4 Å². The van der Waals surface area contributed by atoms with Crippen LogP contribution in [0.3, 0.4) is 0 Å². The molecule has 9 atom stereocenters. The van der Waals surface area contributed by atoms with Gasteiger partial charge in [0.25, 0.3) is 8.32 Å². The molecule has 0 saturated heterocycles. The van der Waals surface area contributed by atoms with Crippen LogP contribution in [-0.4, -0.2) is 25.1 Å². The molecule has 2 aromatic carbocycles. The molecule has 264 valence electrons. The van der Waals surface area contributed by atoms with Crippen LogP contribution >= 0.6 is 0 Å². The third-order valence-electron chi connectivity index (χ3n) is 15.0. The molecule has 2 aromatic rings. The average Bonchev–Trinajstić information content (AvgIpc) is 3.41. The highest BCUT2D eigenvalue weighted by molar-refractivity contribution is 6.99. The minimum atomic E-state index is -2.57. The van der Waals surface area contributed by atoms with Gasteiger partial charge in [0, 0.05) is 6.10 Å². The molecule has 4 aliphatic carbocycles. The lowest BCUT2D eigenvalue weighted by Crippen LogP contribution is -2.68. The van der Waals surface area contributed by atoms with Gasteiger partial charge in [-0.2, -0.15) is 0 Å². The Morgan fingerprint density at radius 1 is 0.833 bits per heavy atom. The molecule has 2 nitrogen and oxygen atoms in total. The van der Waals surface area contributed by atoms with E-state index in [9.17, 15) is 5.11 Å². The summed E-state index contributed by atoms with van der Waals surface area (Å²) in [6.07, 6.45) is 17.0. The van der Waals surface area contributed by atoms with Crippen LogP contribution in [0.4, 0.5) is 0 Å². The minimum absolute atomic E-state index is 0.0121. The van der Waals surface area contributed by atoms with Crippen molar-refractivity contribution in [3.63, 3.8) is 0 Å². The Bertz CT molecular complexity index is 1360. The van der Waals surface area contributed by atoms with Gasteiger partial charge in [-0.1, -0.05) is 134 Å². The highest BCUT2D eigenvalue weighted by Crippen LogP contribution is 2.67. The summed E-state index contributed by atoms with van der Waals surface area (Å²) in [5.41, 5.74) is 1.95. The number of aliphatic hydroxyl groups is 1. The van der Waals surface area contributed by atoms with Gasteiger partial charge in [-0.3, -0.25) is 0 Å². The molecule has 6 rings (SSSR count). The maximum absolute atomic E-state index is 10.7. The second-order valence-corrected chi connectivity index (χ2v) is 23.2. The van der Waals surface area contributed by atoms with Gasteiger partial charge in [0.1, 0.15) is 0 Å². The molecular formula is C45H68O2Si. The van der Waals surface area contributed by atoms with Crippen LogP contribution in [0.25, 0.3) is 0 Å². The monoisotopic (exact) mass is 668 g/mol. The predicted molar refractivity (Wildman–Crippen MR) is 206 cm³/mol. The zero-order valence-electron chi connectivity index (χ0n) is 32.0. The Hall–Kier alpha value is -1.68. The molecule has 0 heterocycles. The highest BCUT2D eigenvalue weighted by atomic mass is 28.4. The van der Waals surface area contributed by atoms with E-state index in [1.807, 2.05) is 13.8 Å². The van der Waals surface area contributed by atoms with Gasteiger partial charge in [-0.25, -0.2) is 0 Å². The van der Waals surface area contributed by atoms with E-state index in [4.69, 9.17) is 4.43 Å². The number of benzene rings is 2. The Labute approximate surface area is 295 Å². The van der Waals surface area contributed by atoms with E-state index in [2.05, 4.69) is 115 Å². The van der Waals surface area contributed by atoms with Gasteiger partial charge in [-0.05, 0) is 133 Å². The van der Waals surface area contributed by atoms with E-state index in [1.165, 1.54) is 61.7 Å². The van der Waals surface area contributed by atoms with Crippen LogP contribution in [0.15, 0.2) is 72.3 Å². The molecule has 4 aliphatic rings. The molecule has 0 unspecified atom stereocenters. The van der Waals surface area contributed by atoms with E-state index in [-0.39, 0.29) is 11.1 Å². The molecule has 0 bridgehead atoms. The van der Waals surface area contributed by atoms with E-state index in [1.54, 1.807) is 5.57 Å². The summed E-state index contributed by atoms with van der Waals surface area (Å²) < 4.78 is 7.72. The zero-order chi connectivity index (χ0) is 34.5. The van der Waals surface area contributed by atoms with Crippen LogP contribution in [0.1, 0.15) is 133 Å². The molecule has 0 aliphatic heterocycles. The third-order valence-corrected chi connectivity index (χ3v) is 20.1. The Kier molecular flexibility index (Phi) is 10.1. The lowest BCUT2D eigenvalue weighted by atomic mass is 9.47.